The second kappa shape index (κ2) is 10.2. The minimum Gasteiger partial charge on any atom is -0.478 e. The van der Waals surface area contributed by atoms with E-state index in [9.17, 15) is 17.7 Å². The molecule has 13 heteroatoms. The monoisotopic (exact) mass is 512 g/mol. The first-order chi connectivity index (χ1) is 15.9. The summed E-state index contributed by atoms with van der Waals surface area (Å²) < 4.78 is 58.5. The highest BCUT2D eigenvalue weighted by Gasteiger charge is 2.35. The highest BCUT2D eigenvalue weighted by Crippen LogP contribution is 2.38. The molecule has 0 aliphatic heterocycles. The fourth-order valence-corrected chi connectivity index (χ4v) is 4.33. The first kappa shape index (κ1) is 25.8. The summed E-state index contributed by atoms with van der Waals surface area (Å²) in [4.78, 5) is 17.0. The predicted molar refractivity (Wildman–Crippen MR) is 129 cm³/mol. The van der Waals surface area contributed by atoms with Gasteiger partial charge >= 0.3 is 6.18 Å². The Morgan fingerprint density at radius 3 is 2.35 bits per heavy atom. The number of para-hydroxylation sites is 1. The van der Waals surface area contributed by atoms with Crippen LogP contribution < -0.4 is 20.8 Å². The molecule has 182 valence electrons. The van der Waals surface area contributed by atoms with Gasteiger partial charge in [0.2, 0.25) is 5.95 Å². The molecule has 0 fully saturated rings. The maximum absolute atomic E-state index is 13.7. The quantitative estimate of drug-likeness (QED) is 0.298. The third-order valence-electron chi connectivity index (χ3n) is 4.30. The number of methoxy groups -OCH3 is 1. The van der Waals surface area contributed by atoms with Gasteiger partial charge in [-0.05, 0) is 25.5 Å². The Balaban J connectivity index is 2.00. The van der Waals surface area contributed by atoms with E-state index in [4.69, 9.17) is 4.74 Å². The highest BCUT2D eigenvalue weighted by molar-refractivity contribution is 8.00. The summed E-state index contributed by atoms with van der Waals surface area (Å²) in [5, 5.41) is 5.76. The molecule has 0 radical (unpaired) electrons. The Morgan fingerprint density at radius 1 is 1.03 bits per heavy atom. The first-order valence-corrected chi connectivity index (χ1v) is 13.6. The average molecular weight is 512 g/mol. The normalized spacial score (nSPS) is 12.0. The minimum atomic E-state index is -4.68. The number of ether oxygens (including phenoxy) is 1. The molecule has 0 aliphatic rings. The summed E-state index contributed by atoms with van der Waals surface area (Å²) in [6.45, 7) is 7.06. The molecule has 0 bridgehead atoms. The third-order valence-corrected chi connectivity index (χ3v) is 6.70. The van der Waals surface area contributed by atoms with Crippen LogP contribution in [-0.2, 0) is 10.7 Å². The van der Waals surface area contributed by atoms with Crippen LogP contribution in [0.3, 0.4) is 0 Å². The number of hydrogen-bond donors (Lipinski definition) is 2. The largest absolute Gasteiger partial charge is 0.478 e. The van der Waals surface area contributed by atoms with Gasteiger partial charge in [0.15, 0.2) is 5.82 Å². The summed E-state index contributed by atoms with van der Waals surface area (Å²) >= 11 is 1.51. The zero-order valence-electron chi connectivity index (χ0n) is 19.1. The van der Waals surface area contributed by atoms with E-state index in [0.29, 0.717) is 11.9 Å². The molecule has 8 nitrogen and oxygen atoms in total. The average Bonchev–Trinajstić information content (AvgIpc) is 2.73. The van der Waals surface area contributed by atoms with Crippen LogP contribution in [0, 0.1) is 0 Å². The molecule has 2 aromatic heterocycles. The van der Waals surface area contributed by atoms with Gasteiger partial charge in [-0.25, -0.2) is 15.0 Å². The van der Waals surface area contributed by atoms with Gasteiger partial charge in [0.1, 0.15) is 24.0 Å². The van der Waals surface area contributed by atoms with E-state index in [1.54, 1.807) is 12.1 Å². The highest BCUT2D eigenvalue weighted by atomic mass is 32.2. The van der Waals surface area contributed by atoms with E-state index < -0.39 is 24.7 Å². The SMILES string of the molecule is COc1nc(P(C)(C)=O)cnc1Nc1ncc(C(F)(F)F)c(Nc2ccccc2SC(C)C)n1. The molecule has 3 rings (SSSR count). The third kappa shape index (κ3) is 6.38. The number of aromatic nitrogens is 4. The molecule has 2 heterocycles. The lowest BCUT2D eigenvalue weighted by atomic mass is 10.2. The van der Waals surface area contributed by atoms with E-state index in [1.165, 1.54) is 38.4 Å². The lowest BCUT2D eigenvalue weighted by Crippen LogP contribution is -2.15. The molecule has 0 atom stereocenters. The van der Waals surface area contributed by atoms with Gasteiger partial charge in [0, 0.05) is 16.3 Å². The maximum atomic E-state index is 13.7. The van der Waals surface area contributed by atoms with Crippen molar-refractivity contribution < 1.29 is 22.5 Å². The molecule has 3 aromatic rings. The first-order valence-electron chi connectivity index (χ1n) is 10.1. The van der Waals surface area contributed by atoms with Crippen LogP contribution in [0.5, 0.6) is 5.88 Å². The Labute approximate surface area is 199 Å². The number of anilines is 4. The van der Waals surface area contributed by atoms with E-state index >= 15 is 0 Å². The molecular formula is C21H24F3N6O2PS. The van der Waals surface area contributed by atoms with Crippen LogP contribution in [0.25, 0.3) is 0 Å². The number of hydrogen-bond acceptors (Lipinski definition) is 9. The van der Waals surface area contributed by atoms with Gasteiger partial charge in [-0.2, -0.15) is 18.2 Å². The summed E-state index contributed by atoms with van der Waals surface area (Å²) in [6.07, 6.45) is -2.67. The zero-order valence-corrected chi connectivity index (χ0v) is 20.8. The van der Waals surface area contributed by atoms with Gasteiger partial charge < -0.3 is 19.9 Å². The minimum absolute atomic E-state index is 0.0121. The molecular weight excluding hydrogens is 488 g/mol. The van der Waals surface area contributed by atoms with Crippen LogP contribution in [0.15, 0.2) is 41.6 Å². The zero-order chi connectivity index (χ0) is 25.1. The Kier molecular flexibility index (Phi) is 7.72. The van der Waals surface area contributed by atoms with Crippen molar-refractivity contribution in [2.45, 2.75) is 30.2 Å². The number of nitrogens with zero attached hydrogens (tertiary/aromatic N) is 4. The van der Waals surface area contributed by atoms with Crippen molar-refractivity contribution in [2.75, 3.05) is 31.1 Å². The molecule has 0 saturated heterocycles. The van der Waals surface area contributed by atoms with Crippen molar-refractivity contribution in [3.05, 3.63) is 42.2 Å². The van der Waals surface area contributed by atoms with Crippen molar-refractivity contribution in [3.8, 4) is 5.88 Å². The van der Waals surface area contributed by atoms with Crippen LogP contribution in [0.4, 0.5) is 36.4 Å². The van der Waals surface area contributed by atoms with E-state index in [2.05, 4.69) is 30.6 Å². The molecule has 0 unspecified atom stereocenters. The fourth-order valence-electron chi connectivity index (χ4n) is 2.76. The number of alkyl halides is 3. The molecule has 0 saturated carbocycles. The summed E-state index contributed by atoms with van der Waals surface area (Å²) in [5.41, 5.74) is -0.279. The number of thioether (sulfide) groups is 1. The maximum Gasteiger partial charge on any atom is 0.421 e. The van der Waals surface area contributed by atoms with E-state index in [1.807, 2.05) is 26.0 Å². The van der Waals surface area contributed by atoms with Gasteiger partial charge in [-0.15, -0.1) is 11.8 Å². The van der Waals surface area contributed by atoms with Crippen LogP contribution >= 0.6 is 18.9 Å². The van der Waals surface area contributed by atoms with E-state index in [0.717, 1.165) is 4.90 Å². The van der Waals surface area contributed by atoms with Crippen molar-refractivity contribution in [2.24, 2.45) is 0 Å². The summed E-state index contributed by atoms with van der Waals surface area (Å²) in [7, 11) is -1.35. The van der Waals surface area contributed by atoms with Crippen molar-refractivity contribution in [1.82, 2.24) is 19.9 Å². The molecule has 34 heavy (non-hydrogen) atoms. The lowest BCUT2D eigenvalue weighted by molar-refractivity contribution is -0.137. The lowest BCUT2D eigenvalue weighted by Gasteiger charge is -2.17. The second-order valence-electron chi connectivity index (χ2n) is 7.80. The van der Waals surface area contributed by atoms with Gasteiger partial charge in [0.25, 0.3) is 5.88 Å². The smallest absolute Gasteiger partial charge is 0.421 e. The topological polar surface area (TPSA) is 102 Å². The standard InChI is InChI=1S/C21H24F3N6O2PS/c1-12(2)34-15-9-7-6-8-14(15)27-17-13(21(22,23)24)10-26-20(29-17)30-18-19(32-3)28-16(11-25-18)33(4,5)31/h6-12H,1-5H3,(H2,25,26,27,29,30). The molecule has 2 N–H and O–H groups in total. The number of nitrogens with one attached hydrogen (secondary N) is 2. The number of halogens is 3. The fraction of sp³-hybridized carbons (Fsp3) is 0.333. The Hall–Kier alpha value is -2.85. The molecule has 1 aromatic carbocycles. The number of benzene rings is 1. The van der Waals surface area contributed by atoms with Crippen LogP contribution in [-0.4, -0.2) is 45.6 Å². The van der Waals surface area contributed by atoms with Crippen molar-refractivity contribution in [3.63, 3.8) is 0 Å². The predicted octanol–water partition coefficient (Wildman–Crippen LogP) is 5.53. The van der Waals surface area contributed by atoms with Gasteiger partial charge in [-0.3, -0.25) is 0 Å². The Bertz CT molecular complexity index is 1220. The second-order valence-corrected chi connectivity index (χ2v) is 12.6. The van der Waals surface area contributed by atoms with Crippen molar-refractivity contribution in [1.29, 1.82) is 0 Å². The van der Waals surface area contributed by atoms with E-state index in [-0.39, 0.29) is 28.3 Å². The molecule has 0 spiro atoms. The summed E-state index contributed by atoms with van der Waals surface area (Å²) in [6, 6.07) is 7.04. The van der Waals surface area contributed by atoms with Crippen molar-refractivity contribution >= 4 is 47.6 Å². The van der Waals surface area contributed by atoms with Gasteiger partial charge in [-0.1, -0.05) is 26.0 Å². The molecule has 0 amide bonds. The van der Waals surface area contributed by atoms with Crippen LogP contribution in [0.1, 0.15) is 19.4 Å². The Morgan fingerprint density at radius 2 is 1.74 bits per heavy atom. The van der Waals surface area contributed by atoms with Gasteiger partial charge in [0.05, 0.1) is 19.0 Å². The summed E-state index contributed by atoms with van der Waals surface area (Å²) in [5.74, 6) is -0.489. The van der Waals surface area contributed by atoms with Crippen LogP contribution in [0.2, 0.25) is 0 Å². The number of rotatable bonds is 8. The molecule has 0 aliphatic carbocycles.